The van der Waals surface area contributed by atoms with Gasteiger partial charge in [-0.2, -0.15) is 0 Å². The third-order valence-corrected chi connectivity index (χ3v) is 2.76. The zero-order valence-corrected chi connectivity index (χ0v) is 9.12. The fourth-order valence-corrected chi connectivity index (χ4v) is 1.95. The fraction of sp³-hybridized carbons (Fsp3) is 0.800. The zero-order chi connectivity index (χ0) is 11.4. The molecule has 0 aromatic rings. The number of nitrogens with one attached hydrogen (secondary N) is 3. The Morgan fingerprint density at radius 2 is 2.38 bits per heavy atom. The maximum Gasteiger partial charge on any atom is 0.222 e. The first-order valence-electron chi connectivity index (χ1n) is 5.62. The minimum absolute atomic E-state index is 0.000818. The van der Waals surface area contributed by atoms with Crippen LogP contribution in [-0.4, -0.2) is 50.2 Å². The van der Waals surface area contributed by atoms with Gasteiger partial charge >= 0.3 is 0 Å². The number of ether oxygens (including phenoxy) is 1. The smallest absolute Gasteiger partial charge is 0.222 e. The van der Waals surface area contributed by atoms with Gasteiger partial charge in [0.1, 0.15) is 0 Å². The van der Waals surface area contributed by atoms with Gasteiger partial charge in [-0.15, -0.1) is 0 Å². The standard InChI is InChI=1S/C10H17N3O3/c14-9-3-7(5-12-9)13-10(15)4-8-6-11-1-2-16-8/h7-8,11H,1-6H2,(H,12,14)(H,13,15). The van der Waals surface area contributed by atoms with Crippen LogP contribution in [0.15, 0.2) is 0 Å². The second kappa shape index (κ2) is 5.27. The van der Waals surface area contributed by atoms with Crippen molar-refractivity contribution in [3.63, 3.8) is 0 Å². The van der Waals surface area contributed by atoms with Crippen molar-refractivity contribution in [1.29, 1.82) is 0 Å². The Kier molecular flexibility index (Phi) is 3.74. The summed E-state index contributed by atoms with van der Waals surface area (Å²) in [5.41, 5.74) is 0. The molecule has 0 aromatic carbocycles. The molecule has 3 N–H and O–H groups in total. The molecule has 2 amide bonds. The Labute approximate surface area is 94.1 Å². The molecule has 16 heavy (non-hydrogen) atoms. The van der Waals surface area contributed by atoms with Crippen molar-refractivity contribution < 1.29 is 14.3 Å². The summed E-state index contributed by atoms with van der Waals surface area (Å²) in [5.74, 6) is -0.0453. The number of hydrogen-bond donors (Lipinski definition) is 3. The van der Waals surface area contributed by atoms with Crippen molar-refractivity contribution in [1.82, 2.24) is 16.0 Å². The molecule has 6 heteroatoms. The summed E-state index contributed by atoms with van der Waals surface area (Å²) in [4.78, 5) is 22.5. The lowest BCUT2D eigenvalue weighted by molar-refractivity contribution is -0.125. The highest BCUT2D eigenvalue weighted by Crippen LogP contribution is 2.04. The van der Waals surface area contributed by atoms with E-state index < -0.39 is 0 Å². The van der Waals surface area contributed by atoms with E-state index in [1.807, 2.05) is 0 Å². The van der Waals surface area contributed by atoms with E-state index in [4.69, 9.17) is 4.74 Å². The van der Waals surface area contributed by atoms with Gasteiger partial charge in [0.15, 0.2) is 0 Å². The van der Waals surface area contributed by atoms with Gasteiger partial charge < -0.3 is 20.7 Å². The van der Waals surface area contributed by atoms with Gasteiger partial charge in [-0.3, -0.25) is 9.59 Å². The van der Waals surface area contributed by atoms with Crippen molar-refractivity contribution >= 4 is 11.8 Å². The molecule has 0 aliphatic carbocycles. The zero-order valence-electron chi connectivity index (χ0n) is 9.12. The van der Waals surface area contributed by atoms with Crippen LogP contribution in [-0.2, 0) is 14.3 Å². The van der Waals surface area contributed by atoms with Gasteiger partial charge in [0.25, 0.3) is 0 Å². The van der Waals surface area contributed by atoms with E-state index in [-0.39, 0.29) is 24.0 Å². The van der Waals surface area contributed by atoms with Gasteiger partial charge in [0.2, 0.25) is 11.8 Å². The van der Waals surface area contributed by atoms with E-state index in [1.54, 1.807) is 0 Å². The maximum atomic E-state index is 11.6. The summed E-state index contributed by atoms with van der Waals surface area (Å²) in [6.07, 6.45) is 0.700. The lowest BCUT2D eigenvalue weighted by Gasteiger charge is -2.23. The van der Waals surface area contributed by atoms with Gasteiger partial charge in [-0.05, 0) is 0 Å². The van der Waals surface area contributed by atoms with E-state index in [9.17, 15) is 9.59 Å². The minimum Gasteiger partial charge on any atom is -0.375 e. The van der Waals surface area contributed by atoms with E-state index in [0.717, 1.165) is 13.1 Å². The molecule has 6 nitrogen and oxygen atoms in total. The molecule has 0 aromatic heterocycles. The molecule has 0 saturated carbocycles. The molecular formula is C10H17N3O3. The molecule has 2 atom stereocenters. The van der Waals surface area contributed by atoms with Crippen LogP contribution in [0.2, 0.25) is 0 Å². The van der Waals surface area contributed by atoms with E-state index in [2.05, 4.69) is 16.0 Å². The summed E-state index contributed by atoms with van der Waals surface area (Å²) >= 11 is 0. The molecular weight excluding hydrogens is 210 g/mol. The molecule has 2 aliphatic rings. The van der Waals surface area contributed by atoms with Crippen LogP contribution in [0.5, 0.6) is 0 Å². The first-order valence-corrected chi connectivity index (χ1v) is 5.62. The van der Waals surface area contributed by atoms with Crippen molar-refractivity contribution in [2.24, 2.45) is 0 Å². The van der Waals surface area contributed by atoms with Crippen LogP contribution >= 0.6 is 0 Å². The molecule has 0 spiro atoms. The van der Waals surface area contributed by atoms with Gasteiger partial charge in [0.05, 0.1) is 25.2 Å². The first-order chi connectivity index (χ1) is 7.74. The van der Waals surface area contributed by atoms with Crippen LogP contribution in [0.25, 0.3) is 0 Å². The van der Waals surface area contributed by atoms with Crippen LogP contribution < -0.4 is 16.0 Å². The maximum absolute atomic E-state index is 11.6. The largest absolute Gasteiger partial charge is 0.375 e. The number of carbonyl (C=O) groups is 2. The summed E-state index contributed by atoms with van der Waals surface area (Å²) in [7, 11) is 0. The van der Waals surface area contributed by atoms with Gasteiger partial charge in [-0.1, -0.05) is 0 Å². The number of carbonyl (C=O) groups excluding carboxylic acids is 2. The van der Waals surface area contributed by atoms with E-state index >= 15 is 0 Å². The van der Waals surface area contributed by atoms with Crippen LogP contribution in [0.1, 0.15) is 12.8 Å². The summed E-state index contributed by atoms with van der Waals surface area (Å²) in [5, 5.41) is 8.68. The highest BCUT2D eigenvalue weighted by Gasteiger charge is 2.24. The quantitative estimate of drug-likeness (QED) is 0.541. The highest BCUT2D eigenvalue weighted by atomic mass is 16.5. The first kappa shape index (κ1) is 11.3. The SMILES string of the molecule is O=C1CC(NC(=O)CC2CNCCO2)CN1. The van der Waals surface area contributed by atoms with Crippen molar-refractivity contribution in [2.75, 3.05) is 26.2 Å². The lowest BCUT2D eigenvalue weighted by Crippen LogP contribution is -2.43. The molecule has 2 heterocycles. The Bertz CT molecular complexity index is 276. The highest BCUT2D eigenvalue weighted by molar-refractivity contribution is 5.82. The van der Waals surface area contributed by atoms with Crippen molar-refractivity contribution in [2.45, 2.75) is 25.0 Å². The minimum atomic E-state index is -0.0588. The van der Waals surface area contributed by atoms with Gasteiger partial charge in [-0.25, -0.2) is 0 Å². The van der Waals surface area contributed by atoms with Gasteiger partial charge in [0, 0.05) is 26.1 Å². The summed E-state index contributed by atoms with van der Waals surface area (Å²) < 4.78 is 5.43. The van der Waals surface area contributed by atoms with Crippen molar-refractivity contribution in [3.8, 4) is 0 Å². The van der Waals surface area contributed by atoms with Crippen LogP contribution in [0, 0.1) is 0 Å². The number of amides is 2. The second-order valence-electron chi connectivity index (χ2n) is 4.17. The molecule has 2 unspecified atom stereocenters. The fourth-order valence-electron chi connectivity index (χ4n) is 1.95. The topological polar surface area (TPSA) is 79.5 Å². The lowest BCUT2D eigenvalue weighted by atomic mass is 10.2. The molecule has 2 fully saturated rings. The number of hydrogen-bond acceptors (Lipinski definition) is 4. The summed E-state index contributed by atoms with van der Waals surface area (Å²) in [6, 6.07) is -0.0588. The average Bonchev–Trinajstić information content (AvgIpc) is 2.65. The molecule has 2 aliphatic heterocycles. The van der Waals surface area contributed by atoms with E-state index in [1.165, 1.54) is 0 Å². The molecule has 2 rings (SSSR count). The van der Waals surface area contributed by atoms with Crippen LogP contribution in [0.3, 0.4) is 0 Å². The summed E-state index contributed by atoms with van der Waals surface area (Å²) in [6.45, 7) is 2.75. The van der Waals surface area contributed by atoms with E-state index in [0.29, 0.717) is 26.0 Å². The van der Waals surface area contributed by atoms with Crippen molar-refractivity contribution in [3.05, 3.63) is 0 Å². The Balaban J connectivity index is 1.69. The molecule has 2 saturated heterocycles. The molecule has 0 bridgehead atoms. The predicted molar refractivity (Wildman–Crippen MR) is 56.8 cm³/mol. The Morgan fingerprint density at radius 3 is 3.00 bits per heavy atom. The molecule has 0 radical (unpaired) electrons. The molecule has 90 valence electrons. The number of morpholine rings is 1. The van der Waals surface area contributed by atoms with Crippen LogP contribution in [0.4, 0.5) is 0 Å². The Morgan fingerprint density at radius 1 is 1.50 bits per heavy atom. The third kappa shape index (κ3) is 3.18. The number of rotatable bonds is 3. The second-order valence-corrected chi connectivity index (χ2v) is 4.17. The predicted octanol–water partition coefficient (Wildman–Crippen LogP) is -1.63. The third-order valence-electron chi connectivity index (χ3n) is 2.76. The Hall–Kier alpha value is -1.14. The normalized spacial score (nSPS) is 29.9. The monoisotopic (exact) mass is 227 g/mol. The average molecular weight is 227 g/mol.